The number of aromatic nitrogens is 1. The Balaban J connectivity index is 2.22. The summed E-state index contributed by atoms with van der Waals surface area (Å²) >= 11 is 1.61. The molecule has 0 bridgehead atoms. The van der Waals surface area contributed by atoms with Gasteiger partial charge in [0.1, 0.15) is 17.5 Å². The van der Waals surface area contributed by atoms with Gasteiger partial charge in [-0.15, -0.1) is 11.3 Å². The Bertz CT molecular complexity index is 957. The van der Waals surface area contributed by atoms with Crippen molar-refractivity contribution in [1.82, 2.24) is 4.98 Å². The van der Waals surface area contributed by atoms with Crippen molar-refractivity contribution < 1.29 is 9.84 Å². The number of pyridine rings is 1. The molecule has 0 saturated carbocycles. The van der Waals surface area contributed by atoms with Gasteiger partial charge >= 0.3 is 0 Å². The molecule has 0 fully saturated rings. The van der Waals surface area contributed by atoms with Crippen molar-refractivity contribution in [3.8, 4) is 39.3 Å². The van der Waals surface area contributed by atoms with Gasteiger partial charge in [0.05, 0.1) is 17.7 Å². The van der Waals surface area contributed by atoms with Crippen LogP contribution in [0.3, 0.4) is 0 Å². The van der Waals surface area contributed by atoms with Crippen LogP contribution in [0.2, 0.25) is 0 Å². The smallest absolute Gasteiger partial charge is 0.161 e. The van der Waals surface area contributed by atoms with Gasteiger partial charge in [-0.2, -0.15) is 5.26 Å². The molecule has 0 atom stereocenters. The highest BCUT2D eigenvalue weighted by Gasteiger charge is 2.15. The van der Waals surface area contributed by atoms with Crippen LogP contribution < -0.4 is 10.5 Å². The Labute approximate surface area is 143 Å². The highest BCUT2D eigenvalue weighted by Crippen LogP contribution is 2.37. The Morgan fingerprint density at radius 3 is 2.67 bits per heavy atom. The molecule has 0 radical (unpaired) electrons. The molecule has 2 heterocycles. The number of aryl methyl sites for hydroxylation is 1. The van der Waals surface area contributed by atoms with Crippen LogP contribution in [0.5, 0.6) is 11.5 Å². The maximum atomic E-state index is 9.77. The van der Waals surface area contributed by atoms with Crippen LogP contribution in [0, 0.1) is 18.3 Å². The van der Waals surface area contributed by atoms with Crippen molar-refractivity contribution in [2.75, 3.05) is 12.8 Å². The number of aromatic hydroxyl groups is 1. The Kier molecular flexibility index (Phi) is 4.11. The molecular formula is C18H15N3O2S. The van der Waals surface area contributed by atoms with Gasteiger partial charge in [-0.05, 0) is 42.8 Å². The summed E-state index contributed by atoms with van der Waals surface area (Å²) in [6.07, 6.45) is 0. The molecule has 3 aromatic rings. The van der Waals surface area contributed by atoms with E-state index in [0.717, 1.165) is 10.4 Å². The SMILES string of the molecule is COc1cc(-c2cc(-c3ccc(C)s3)nc(N)c2C#N)ccc1O. The van der Waals surface area contributed by atoms with Crippen LogP contribution in [0.25, 0.3) is 21.7 Å². The first kappa shape index (κ1) is 15.8. The fourth-order valence-corrected chi connectivity index (χ4v) is 3.28. The van der Waals surface area contributed by atoms with E-state index in [9.17, 15) is 10.4 Å². The molecule has 0 amide bonds. The molecule has 0 spiro atoms. The maximum absolute atomic E-state index is 9.77. The molecule has 3 rings (SSSR count). The molecule has 0 unspecified atom stereocenters. The van der Waals surface area contributed by atoms with Crippen LogP contribution in [0.1, 0.15) is 10.4 Å². The largest absolute Gasteiger partial charge is 0.504 e. The van der Waals surface area contributed by atoms with E-state index >= 15 is 0 Å². The summed E-state index contributed by atoms with van der Waals surface area (Å²) in [6.45, 7) is 2.02. The first-order valence-electron chi connectivity index (χ1n) is 7.18. The summed E-state index contributed by atoms with van der Waals surface area (Å²) in [5, 5.41) is 19.2. The number of hydrogen-bond donors (Lipinski definition) is 2. The molecule has 3 N–H and O–H groups in total. The molecule has 0 aliphatic carbocycles. The van der Waals surface area contributed by atoms with Crippen LogP contribution in [-0.4, -0.2) is 17.2 Å². The molecule has 6 heteroatoms. The summed E-state index contributed by atoms with van der Waals surface area (Å²) in [6, 6.07) is 12.9. The second kappa shape index (κ2) is 6.22. The molecule has 0 aliphatic heterocycles. The summed E-state index contributed by atoms with van der Waals surface area (Å²) in [5.41, 5.74) is 8.41. The van der Waals surface area contributed by atoms with Gasteiger partial charge in [-0.1, -0.05) is 6.07 Å². The van der Waals surface area contributed by atoms with E-state index in [4.69, 9.17) is 10.5 Å². The zero-order valence-electron chi connectivity index (χ0n) is 13.2. The van der Waals surface area contributed by atoms with Crippen LogP contribution >= 0.6 is 11.3 Å². The quantitative estimate of drug-likeness (QED) is 0.755. The fraction of sp³-hybridized carbons (Fsp3) is 0.111. The topological polar surface area (TPSA) is 92.2 Å². The number of hydrogen-bond acceptors (Lipinski definition) is 6. The minimum Gasteiger partial charge on any atom is -0.504 e. The zero-order valence-corrected chi connectivity index (χ0v) is 14.0. The minimum absolute atomic E-state index is 0.0379. The lowest BCUT2D eigenvalue weighted by Crippen LogP contribution is -1.99. The molecule has 1 aromatic carbocycles. The van der Waals surface area contributed by atoms with Gasteiger partial charge < -0.3 is 15.6 Å². The first-order chi connectivity index (χ1) is 11.5. The first-order valence-corrected chi connectivity index (χ1v) is 8.00. The van der Waals surface area contributed by atoms with Gasteiger partial charge in [0.2, 0.25) is 0 Å². The average molecular weight is 337 g/mol. The van der Waals surface area contributed by atoms with Crippen molar-refractivity contribution in [3.63, 3.8) is 0 Å². The summed E-state index contributed by atoms with van der Waals surface area (Å²) in [5.74, 6) is 0.555. The van der Waals surface area contributed by atoms with Gasteiger partial charge in [0.15, 0.2) is 11.5 Å². The number of thiophene rings is 1. The Morgan fingerprint density at radius 2 is 2.04 bits per heavy atom. The lowest BCUT2D eigenvalue weighted by molar-refractivity contribution is 0.373. The monoisotopic (exact) mass is 337 g/mol. The molecule has 5 nitrogen and oxygen atoms in total. The minimum atomic E-state index is 0.0379. The van der Waals surface area contributed by atoms with Crippen LogP contribution in [-0.2, 0) is 0 Å². The zero-order chi connectivity index (χ0) is 17.3. The lowest BCUT2D eigenvalue weighted by Gasteiger charge is -2.11. The van der Waals surface area contributed by atoms with Gasteiger partial charge in [-0.3, -0.25) is 0 Å². The predicted octanol–water partition coefficient (Wildman–Crippen LogP) is 3.95. The highest BCUT2D eigenvalue weighted by atomic mass is 32.1. The van der Waals surface area contributed by atoms with Gasteiger partial charge in [0.25, 0.3) is 0 Å². The highest BCUT2D eigenvalue weighted by molar-refractivity contribution is 7.15. The number of methoxy groups -OCH3 is 1. The van der Waals surface area contributed by atoms with Crippen LogP contribution in [0.4, 0.5) is 5.82 Å². The van der Waals surface area contributed by atoms with E-state index in [1.54, 1.807) is 23.5 Å². The Hall–Kier alpha value is -3.04. The van der Waals surface area contributed by atoms with Crippen molar-refractivity contribution in [1.29, 1.82) is 5.26 Å². The van der Waals surface area contributed by atoms with E-state index < -0.39 is 0 Å². The third kappa shape index (κ3) is 2.77. The van der Waals surface area contributed by atoms with E-state index in [0.29, 0.717) is 22.6 Å². The van der Waals surface area contributed by atoms with E-state index in [-0.39, 0.29) is 11.6 Å². The molecule has 2 aromatic heterocycles. The standard InChI is InChI=1S/C18H15N3O2S/c1-10-3-6-17(24-10)14-8-12(13(9-19)18(20)21-14)11-4-5-15(22)16(7-11)23-2/h3-8,22H,1-2H3,(H2,20,21). The predicted molar refractivity (Wildman–Crippen MR) is 95.1 cm³/mol. The molecule has 24 heavy (non-hydrogen) atoms. The van der Waals surface area contributed by atoms with E-state index in [2.05, 4.69) is 11.1 Å². The molecular weight excluding hydrogens is 322 g/mol. The number of phenolic OH excluding ortho intramolecular Hbond substituents is 1. The molecule has 120 valence electrons. The second-order valence-corrected chi connectivity index (χ2v) is 6.51. The van der Waals surface area contributed by atoms with Crippen LogP contribution in [0.15, 0.2) is 36.4 Å². The van der Waals surface area contributed by atoms with Crippen molar-refractivity contribution in [2.45, 2.75) is 6.92 Å². The lowest BCUT2D eigenvalue weighted by atomic mass is 9.99. The molecule has 0 saturated heterocycles. The number of anilines is 1. The maximum Gasteiger partial charge on any atom is 0.161 e. The average Bonchev–Trinajstić information content (AvgIpc) is 3.01. The number of nitriles is 1. The number of ether oxygens (including phenoxy) is 1. The van der Waals surface area contributed by atoms with Crippen molar-refractivity contribution in [2.24, 2.45) is 0 Å². The summed E-state index contributed by atoms with van der Waals surface area (Å²) in [4.78, 5) is 6.51. The number of rotatable bonds is 3. The number of nitrogen functional groups attached to an aromatic ring is 1. The van der Waals surface area contributed by atoms with Crippen molar-refractivity contribution >= 4 is 17.2 Å². The van der Waals surface area contributed by atoms with E-state index in [1.807, 2.05) is 25.1 Å². The van der Waals surface area contributed by atoms with E-state index in [1.165, 1.54) is 18.1 Å². The number of nitrogens with zero attached hydrogens (tertiary/aromatic N) is 2. The number of nitrogens with two attached hydrogens (primary N) is 1. The third-order valence-electron chi connectivity index (χ3n) is 3.64. The summed E-state index contributed by atoms with van der Waals surface area (Å²) in [7, 11) is 1.48. The number of phenols is 1. The van der Waals surface area contributed by atoms with Gasteiger partial charge in [0, 0.05) is 10.4 Å². The fourth-order valence-electron chi connectivity index (χ4n) is 2.45. The second-order valence-electron chi connectivity index (χ2n) is 5.22. The van der Waals surface area contributed by atoms with Gasteiger partial charge in [-0.25, -0.2) is 4.98 Å². The summed E-state index contributed by atoms with van der Waals surface area (Å²) < 4.78 is 5.15. The third-order valence-corrected chi connectivity index (χ3v) is 4.67. The Morgan fingerprint density at radius 1 is 1.25 bits per heavy atom. The molecule has 0 aliphatic rings. The number of benzene rings is 1. The normalized spacial score (nSPS) is 10.4. The van der Waals surface area contributed by atoms with Crippen molar-refractivity contribution in [3.05, 3.63) is 46.8 Å².